The molecule has 1 fully saturated rings. The Morgan fingerprint density at radius 2 is 1.82 bits per heavy atom. The van der Waals surface area contributed by atoms with Crippen molar-refractivity contribution in [2.75, 3.05) is 5.32 Å². The van der Waals surface area contributed by atoms with Crippen molar-refractivity contribution < 1.29 is 5.11 Å². The summed E-state index contributed by atoms with van der Waals surface area (Å²) in [4.78, 5) is 0. The molecular formula is C15H23NO. The second kappa shape index (κ2) is 4.59. The van der Waals surface area contributed by atoms with E-state index in [0.717, 1.165) is 11.6 Å². The third-order valence-corrected chi connectivity index (χ3v) is 3.63. The number of aromatic hydroxyl groups is 1. The molecule has 2 unspecified atom stereocenters. The standard InChI is InChI=1S/C15H23NO/c1-11-8-13(10-15(2,3)9-11)16-12-4-6-14(17)7-5-12/h4-7,11,13,16-17H,8-10H2,1-3H3. The van der Waals surface area contributed by atoms with Crippen LogP contribution in [0.3, 0.4) is 0 Å². The molecule has 0 heterocycles. The van der Waals surface area contributed by atoms with Gasteiger partial charge in [0.25, 0.3) is 0 Å². The molecule has 0 radical (unpaired) electrons. The van der Waals surface area contributed by atoms with Crippen LogP contribution in [0, 0.1) is 11.3 Å². The molecule has 17 heavy (non-hydrogen) atoms. The highest BCUT2D eigenvalue weighted by Crippen LogP contribution is 2.39. The molecule has 1 aliphatic rings. The molecule has 2 atom stereocenters. The van der Waals surface area contributed by atoms with Gasteiger partial charge in [0.15, 0.2) is 0 Å². The zero-order valence-corrected chi connectivity index (χ0v) is 11.0. The molecule has 2 nitrogen and oxygen atoms in total. The monoisotopic (exact) mass is 233 g/mol. The topological polar surface area (TPSA) is 32.3 Å². The smallest absolute Gasteiger partial charge is 0.115 e. The van der Waals surface area contributed by atoms with Crippen molar-refractivity contribution >= 4 is 5.69 Å². The number of phenols is 1. The molecule has 2 rings (SSSR count). The predicted molar refractivity (Wildman–Crippen MR) is 72.3 cm³/mol. The van der Waals surface area contributed by atoms with E-state index in [1.807, 2.05) is 12.1 Å². The third-order valence-electron chi connectivity index (χ3n) is 3.63. The Morgan fingerprint density at radius 1 is 1.18 bits per heavy atom. The summed E-state index contributed by atoms with van der Waals surface area (Å²) in [7, 11) is 0. The lowest BCUT2D eigenvalue weighted by Gasteiger charge is -2.39. The van der Waals surface area contributed by atoms with Gasteiger partial charge in [-0.05, 0) is 54.9 Å². The van der Waals surface area contributed by atoms with Gasteiger partial charge in [-0.2, -0.15) is 0 Å². The Bertz CT molecular complexity index is 369. The first-order valence-electron chi connectivity index (χ1n) is 6.50. The number of phenolic OH excluding ortho intramolecular Hbond substituents is 1. The van der Waals surface area contributed by atoms with Gasteiger partial charge in [0.1, 0.15) is 5.75 Å². The van der Waals surface area contributed by atoms with Gasteiger partial charge >= 0.3 is 0 Å². The highest BCUT2D eigenvalue weighted by atomic mass is 16.3. The van der Waals surface area contributed by atoms with Crippen molar-refractivity contribution in [1.82, 2.24) is 0 Å². The number of hydrogen-bond acceptors (Lipinski definition) is 2. The lowest BCUT2D eigenvalue weighted by atomic mass is 9.70. The molecule has 1 aromatic rings. The summed E-state index contributed by atoms with van der Waals surface area (Å²) in [6.07, 6.45) is 3.78. The first-order valence-corrected chi connectivity index (χ1v) is 6.50. The maximum Gasteiger partial charge on any atom is 0.115 e. The zero-order valence-electron chi connectivity index (χ0n) is 11.0. The summed E-state index contributed by atoms with van der Waals surface area (Å²) in [5, 5.41) is 12.8. The van der Waals surface area contributed by atoms with Crippen molar-refractivity contribution in [2.24, 2.45) is 11.3 Å². The van der Waals surface area contributed by atoms with E-state index in [2.05, 4.69) is 26.1 Å². The van der Waals surface area contributed by atoms with Crippen LogP contribution < -0.4 is 5.32 Å². The largest absolute Gasteiger partial charge is 0.508 e. The normalized spacial score (nSPS) is 27.7. The van der Waals surface area contributed by atoms with E-state index in [1.165, 1.54) is 19.3 Å². The van der Waals surface area contributed by atoms with E-state index >= 15 is 0 Å². The second-order valence-electron chi connectivity index (χ2n) is 6.30. The number of nitrogens with one attached hydrogen (secondary N) is 1. The van der Waals surface area contributed by atoms with Crippen LogP contribution in [0.1, 0.15) is 40.0 Å². The fourth-order valence-corrected chi connectivity index (χ4v) is 3.25. The molecule has 1 aliphatic carbocycles. The number of hydrogen-bond donors (Lipinski definition) is 2. The van der Waals surface area contributed by atoms with Gasteiger partial charge in [-0.25, -0.2) is 0 Å². The first kappa shape index (κ1) is 12.3. The Labute approximate surface area is 104 Å². The van der Waals surface area contributed by atoms with Crippen LogP contribution in [0.2, 0.25) is 0 Å². The Kier molecular flexibility index (Phi) is 3.32. The number of benzene rings is 1. The number of anilines is 1. The first-order chi connectivity index (χ1) is 7.94. The molecule has 0 aromatic heterocycles. The molecule has 0 saturated heterocycles. The quantitative estimate of drug-likeness (QED) is 0.756. The molecule has 94 valence electrons. The van der Waals surface area contributed by atoms with Gasteiger partial charge in [0.05, 0.1) is 0 Å². The molecule has 0 bridgehead atoms. The van der Waals surface area contributed by atoms with Crippen molar-refractivity contribution in [3.63, 3.8) is 0 Å². The average Bonchev–Trinajstić information content (AvgIpc) is 2.18. The summed E-state index contributed by atoms with van der Waals surface area (Å²) < 4.78 is 0. The fraction of sp³-hybridized carbons (Fsp3) is 0.600. The van der Waals surface area contributed by atoms with Gasteiger partial charge in [-0.3, -0.25) is 0 Å². The Balaban J connectivity index is 2.01. The summed E-state index contributed by atoms with van der Waals surface area (Å²) in [5.74, 6) is 1.11. The molecule has 1 aromatic carbocycles. The lowest BCUT2D eigenvalue weighted by molar-refractivity contribution is 0.178. The summed E-state index contributed by atoms with van der Waals surface area (Å²) >= 11 is 0. The van der Waals surface area contributed by atoms with Crippen molar-refractivity contribution in [2.45, 2.75) is 46.1 Å². The third kappa shape index (κ3) is 3.39. The van der Waals surface area contributed by atoms with Crippen LogP contribution >= 0.6 is 0 Å². The van der Waals surface area contributed by atoms with Crippen LogP contribution in [-0.4, -0.2) is 11.1 Å². The molecule has 0 spiro atoms. The van der Waals surface area contributed by atoms with E-state index in [4.69, 9.17) is 0 Å². The maximum absolute atomic E-state index is 9.26. The molecular weight excluding hydrogens is 210 g/mol. The summed E-state index contributed by atoms with van der Waals surface area (Å²) in [5.41, 5.74) is 1.55. The van der Waals surface area contributed by atoms with Gasteiger partial charge in [-0.1, -0.05) is 20.8 Å². The van der Waals surface area contributed by atoms with Gasteiger partial charge in [0, 0.05) is 11.7 Å². The Hall–Kier alpha value is -1.18. The van der Waals surface area contributed by atoms with Crippen LogP contribution in [0.15, 0.2) is 24.3 Å². The molecule has 2 N–H and O–H groups in total. The van der Waals surface area contributed by atoms with Gasteiger partial charge < -0.3 is 10.4 Å². The van der Waals surface area contributed by atoms with E-state index in [9.17, 15) is 5.11 Å². The van der Waals surface area contributed by atoms with E-state index < -0.39 is 0 Å². The fourth-order valence-electron chi connectivity index (χ4n) is 3.25. The minimum atomic E-state index is 0.327. The predicted octanol–water partition coefficient (Wildman–Crippen LogP) is 4.02. The van der Waals surface area contributed by atoms with Crippen molar-refractivity contribution in [3.05, 3.63) is 24.3 Å². The highest BCUT2D eigenvalue weighted by molar-refractivity contribution is 5.46. The lowest BCUT2D eigenvalue weighted by Crippen LogP contribution is -2.35. The molecule has 2 heteroatoms. The van der Waals surface area contributed by atoms with Crippen LogP contribution in [0.25, 0.3) is 0 Å². The summed E-state index contributed by atoms with van der Waals surface area (Å²) in [6.45, 7) is 7.05. The minimum absolute atomic E-state index is 0.327. The van der Waals surface area contributed by atoms with Crippen LogP contribution in [0.4, 0.5) is 5.69 Å². The second-order valence-corrected chi connectivity index (χ2v) is 6.30. The van der Waals surface area contributed by atoms with Crippen LogP contribution in [0.5, 0.6) is 5.75 Å². The Morgan fingerprint density at radius 3 is 2.41 bits per heavy atom. The SMILES string of the molecule is CC1CC(Nc2ccc(O)cc2)CC(C)(C)C1. The number of rotatable bonds is 2. The molecule has 0 amide bonds. The maximum atomic E-state index is 9.26. The minimum Gasteiger partial charge on any atom is -0.508 e. The van der Waals surface area contributed by atoms with Gasteiger partial charge in [-0.15, -0.1) is 0 Å². The van der Waals surface area contributed by atoms with E-state index in [-0.39, 0.29) is 0 Å². The van der Waals surface area contributed by atoms with Crippen molar-refractivity contribution in [3.8, 4) is 5.75 Å². The van der Waals surface area contributed by atoms with E-state index in [1.54, 1.807) is 12.1 Å². The highest BCUT2D eigenvalue weighted by Gasteiger charge is 2.31. The molecule has 1 saturated carbocycles. The van der Waals surface area contributed by atoms with E-state index in [0.29, 0.717) is 17.2 Å². The molecule has 0 aliphatic heterocycles. The zero-order chi connectivity index (χ0) is 12.5. The average molecular weight is 233 g/mol. The van der Waals surface area contributed by atoms with Crippen molar-refractivity contribution in [1.29, 1.82) is 0 Å². The van der Waals surface area contributed by atoms with Crippen LogP contribution in [-0.2, 0) is 0 Å². The summed E-state index contributed by atoms with van der Waals surface area (Å²) in [6, 6.07) is 7.92. The van der Waals surface area contributed by atoms with Gasteiger partial charge in [0.2, 0.25) is 0 Å².